The number of ketones is 1. The number of Topliss-reactive ketones (excluding diaryl/α,β-unsaturated/α-hetero) is 1. The molecule has 2 saturated carbocycles. The molecule has 0 aromatic heterocycles. The molecule has 0 amide bonds. The van der Waals surface area contributed by atoms with Crippen molar-refractivity contribution in [3.05, 3.63) is 29.3 Å². The summed E-state index contributed by atoms with van der Waals surface area (Å²) < 4.78 is 0. The quantitative estimate of drug-likeness (QED) is 0.654. The molecule has 0 saturated heterocycles. The summed E-state index contributed by atoms with van der Waals surface area (Å²) in [6.07, 6.45) is 8.53. The van der Waals surface area contributed by atoms with Crippen molar-refractivity contribution in [3.63, 3.8) is 0 Å². The normalized spacial score (nSPS) is 38.2. The van der Waals surface area contributed by atoms with Gasteiger partial charge in [-0.2, -0.15) is 0 Å². The number of phenolic OH excluding ortho intramolecular Hbond substituents is 1. The third-order valence-corrected chi connectivity index (χ3v) is 8.85. The van der Waals surface area contributed by atoms with E-state index in [1.807, 2.05) is 19.1 Å². The molecule has 7 atom stereocenters. The lowest BCUT2D eigenvalue weighted by Gasteiger charge is -2.53. The number of carbonyl (C=O) groups excluding carboxylic acids is 1. The summed E-state index contributed by atoms with van der Waals surface area (Å²) in [4.78, 5) is 11.9. The van der Waals surface area contributed by atoms with Crippen molar-refractivity contribution >= 4 is 5.78 Å². The van der Waals surface area contributed by atoms with Crippen molar-refractivity contribution in [1.29, 1.82) is 0 Å². The van der Waals surface area contributed by atoms with E-state index in [1.54, 1.807) is 0 Å². The van der Waals surface area contributed by atoms with Gasteiger partial charge in [0, 0.05) is 12.8 Å². The molecular weight excluding hydrogens is 360 g/mol. The number of carbonyl (C=O) groups is 1. The molecule has 0 aliphatic heterocycles. The first-order valence-electron chi connectivity index (χ1n) is 11.9. The zero-order chi connectivity index (χ0) is 20.8. The average Bonchev–Trinajstić information content (AvgIpc) is 2.96. The topological polar surface area (TPSA) is 57.5 Å². The summed E-state index contributed by atoms with van der Waals surface area (Å²) in [5, 5.41) is 21.3. The van der Waals surface area contributed by atoms with Crippen molar-refractivity contribution in [3.8, 4) is 5.75 Å². The monoisotopic (exact) mass is 398 g/mol. The Kier molecular flexibility index (Phi) is 5.81. The third kappa shape index (κ3) is 3.54. The Labute approximate surface area is 175 Å². The van der Waals surface area contributed by atoms with Gasteiger partial charge in [0.05, 0.1) is 6.10 Å². The molecule has 0 heterocycles. The number of aromatic hydroxyl groups is 1. The molecule has 0 bridgehead atoms. The predicted molar refractivity (Wildman–Crippen MR) is 116 cm³/mol. The highest BCUT2D eigenvalue weighted by Crippen LogP contribution is 2.64. The lowest BCUT2D eigenvalue weighted by molar-refractivity contribution is -0.119. The van der Waals surface area contributed by atoms with Crippen molar-refractivity contribution in [2.24, 2.45) is 29.1 Å². The van der Waals surface area contributed by atoms with Crippen LogP contribution >= 0.6 is 0 Å². The Hall–Kier alpha value is -1.35. The first-order valence-corrected chi connectivity index (χ1v) is 11.9. The Morgan fingerprint density at radius 1 is 1.21 bits per heavy atom. The first-order chi connectivity index (χ1) is 13.9. The Bertz CT molecular complexity index is 756. The van der Waals surface area contributed by atoms with Gasteiger partial charge in [-0.3, -0.25) is 4.79 Å². The summed E-state index contributed by atoms with van der Waals surface area (Å²) in [5.41, 5.74) is 2.78. The molecule has 3 nitrogen and oxygen atoms in total. The molecular formula is C26H38O3. The van der Waals surface area contributed by atoms with Crippen LogP contribution in [0.4, 0.5) is 0 Å². The van der Waals surface area contributed by atoms with Crippen LogP contribution < -0.4 is 0 Å². The number of aliphatic hydroxyl groups is 1. The highest BCUT2D eigenvalue weighted by atomic mass is 16.3. The third-order valence-electron chi connectivity index (χ3n) is 8.85. The number of hydrogen-bond acceptors (Lipinski definition) is 3. The lowest BCUT2D eigenvalue weighted by Crippen LogP contribution is -2.47. The highest BCUT2D eigenvalue weighted by Gasteiger charge is 2.59. The molecule has 160 valence electrons. The fourth-order valence-corrected chi connectivity index (χ4v) is 7.38. The van der Waals surface area contributed by atoms with Gasteiger partial charge >= 0.3 is 0 Å². The van der Waals surface area contributed by atoms with Crippen LogP contribution in [0.5, 0.6) is 5.75 Å². The number of rotatable bonds is 6. The Morgan fingerprint density at radius 2 is 2.00 bits per heavy atom. The summed E-state index contributed by atoms with van der Waals surface area (Å²) >= 11 is 0. The van der Waals surface area contributed by atoms with E-state index in [2.05, 4.69) is 19.9 Å². The van der Waals surface area contributed by atoms with E-state index >= 15 is 0 Å². The van der Waals surface area contributed by atoms with Gasteiger partial charge in [-0.15, -0.1) is 0 Å². The van der Waals surface area contributed by atoms with Gasteiger partial charge in [-0.1, -0.05) is 39.7 Å². The van der Waals surface area contributed by atoms with Gasteiger partial charge in [0.15, 0.2) is 0 Å². The smallest absolute Gasteiger partial charge is 0.132 e. The van der Waals surface area contributed by atoms with Crippen LogP contribution in [0.25, 0.3) is 0 Å². The molecule has 3 aliphatic rings. The molecule has 4 unspecified atom stereocenters. The van der Waals surface area contributed by atoms with E-state index in [4.69, 9.17) is 0 Å². The van der Waals surface area contributed by atoms with Crippen LogP contribution in [0.1, 0.15) is 89.2 Å². The van der Waals surface area contributed by atoms with E-state index in [9.17, 15) is 15.0 Å². The average molecular weight is 399 g/mol. The van der Waals surface area contributed by atoms with Crippen molar-refractivity contribution < 1.29 is 15.0 Å². The van der Waals surface area contributed by atoms with E-state index in [-0.39, 0.29) is 17.4 Å². The maximum atomic E-state index is 11.9. The second-order valence-corrected chi connectivity index (χ2v) is 10.3. The molecule has 3 heteroatoms. The highest BCUT2D eigenvalue weighted by molar-refractivity contribution is 5.77. The standard InChI is InChI=1S/C26H38O3/c1-4-6-16-13-18-14-20(28)9-10-21(18)22-11-12-26(3)23(24(16)22)15-17(25(26)29)7-8-19(27)5-2/h9-10,14,16-17,22-25,28-29H,4-8,11-13,15H2,1-3H3/t16-,17-,22?,23?,24?,25?,26+/m1/s1. The second-order valence-electron chi connectivity index (χ2n) is 10.3. The van der Waals surface area contributed by atoms with Crippen molar-refractivity contribution in [2.75, 3.05) is 0 Å². The number of benzene rings is 1. The fraction of sp³-hybridized carbons (Fsp3) is 0.731. The minimum absolute atomic E-state index is 0.0124. The minimum Gasteiger partial charge on any atom is -0.508 e. The summed E-state index contributed by atoms with van der Waals surface area (Å²) in [6, 6.07) is 6.01. The maximum absolute atomic E-state index is 11.9. The van der Waals surface area contributed by atoms with E-state index in [0.29, 0.717) is 48.0 Å². The van der Waals surface area contributed by atoms with E-state index in [0.717, 1.165) is 32.1 Å². The molecule has 1 aromatic carbocycles. The Morgan fingerprint density at radius 3 is 2.72 bits per heavy atom. The lowest BCUT2D eigenvalue weighted by atomic mass is 9.52. The number of phenols is 1. The number of hydrogen-bond donors (Lipinski definition) is 2. The van der Waals surface area contributed by atoms with Crippen LogP contribution in [0.15, 0.2) is 18.2 Å². The van der Waals surface area contributed by atoms with Crippen LogP contribution in [0.2, 0.25) is 0 Å². The maximum Gasteiger partial charge on any atom is 0.132 e. The van der Waals surface area contributed by atoms with E-state index < -0.39 is 0 Å². The Balaban J connectivity index is 1.64. The predicted octanol–water partition coefficient (Wildman–Crippen LogP) is 5.62. The summed E-state index contributed by atoms with van der Waals surface area (Å²) in [5.74, 6) is 3.32. The molecule has 4 rings (SSSR count). The van der Waals surface area contributed by atoms with Crippen molar-refractivity contribution in [2.45, 2.75) is 90.6 Å². The first kappa shape index (κ1) is 20.9. The zero-order valence-electron chi connectivity index (χ0n) is 18.4. The SMILES string of the molecule is CCC[C@@H]1Cc2cc(O)ccc2C2CC[C@@]3(C)C(C[C@@H](CCC(=O)CC)C3O)C21. The number of aliphatic hydroxyl groups excluding tert-OH is 1. The van der Waals surface area contributed by atoms with Gasteiger partial charge in [0.25, 0.3) is 0 Å². The van der Waals surface area contributed by atoms with E-state index in [1.165, 1.54) is 24.0 Å². The molecule has 1 aromatic rings. The van der Waals surface area contributed by atoms with Gasteiger partial charge in [0.2, 0.25) is 0 Å². The largest absolute Gasteiger partial charge is 0.508 e. The molecule has 3 aliphatic carbocycles. The van der Waals surface area contributed by atoms with Gasteiger partial charge < -0.3 is 10.2 Å². The van der Waals surface area contributed by atoms with Crippen molar-refractivity contribution in [1.82, 2.24) is 0 Å². The van der Waals surface area contributed by atoms with Crippen LogP contribution in [-0.4, -0.2) is 22.1 Å². The van der Waals surface area contributed by atoms with Crippen LogP contribution in [0.3, 0.4) is 0 Å². The van der Waals surface area contributed by atoms with Crippen LogP contribution in [-0.2, 0) is 11.2 Å². The van der Waals surface area contributed by atoms with Gasteiger partial charge in [0.1, 0.15) is 11.5 Å². The summed E-state index contributed by atoms with van der Waals surface area (Å²) in [7, 11) is 0. The minimum atomic E-state index is -0.276. The molecule has 2 fully saturated rings. The number of fused-ring (bicyclic) bond motifs is 5. The zero-order valence-corrected chi connectivity index (χ0v) is 18.4. The van der Waals surface area contributed by atoms with Crippen LogP contribution in [0, 0.1) is 29.1 Å². The second kappa shape index (κ2) is 8.06. The van der Waals surface area contributed by atoms with Gasteiger partial charge in [-0.05, 0) is 90.4 Å². The molecule has 2 N–H and O–H groups in total. The molecule has 0 radical (unpaired) electrons. The fourth-order valence-electron chi connectivity index (χ4n) is 7.38. The molecule has 0 spiro atoms. The molecule has 29 heavy (non-hydrogen) atoms. The summed E-state index contributed by atoms with van der Waals surface area (Å²) in [6.45, 7) is 6.54. The van der Waals surface area contributed by atoms with Gasteiger partial charge in [-0.25, -0.2) is 0 Å².